The first-order valence-electron chi connectivity index (χ1n) is 13.6. The number of ether oxygens (including phenoxy) is 1. The van der Waals surface area contributed by atoms with Crippen LogP contribution in [0, 0.1) is 11.7 Å². The van der Waals surface area contributed by atoms with Crippen molar-refractivity contribution >= 4 is 40.1 Å². The lowest BCUT2D eigenvalue weighted by Gasteiger charge is -2.29. The number of fused-ring (bicyclic) bond motifs is 1. The Morgan fingerprint density at radius 2 is 2.00 bits per heavy atom. The van der Waals surface area contributed by atoms with Gasteiger partial charge in [-0.2, -0.15) is 5.10 Å². The van der Waals surface area contributed by atoms with Gasteiger partial charge in [0.1, 0.15) is 16.9 Å². The van der Waals surface area contributed by atoms with Crippen LogP contribution in [0.3, 0.4) is 0 Å². The maximum absolute atomic E-state index is 15.1. The maximum atomic E-state index is 15.1. The summed E-state index contributed by atoms with van der Waals surface area (Å²) < 4.78 is 22.0. The van der Waals surface area contributed by atoms with Crippen LogP contribution in [-0.2, 0) is 11.8 Å². The molecule has 214 valence electrons. The molecule has 0 bridgehead atoms. The van der Waals surface area contributed by atoms with Gasteiger partial charge in [-0.3, -0.25) is 14.3 Å². The molecule has 3 heterocycles. The van der Waals surface area contributed by atoms with E-state index in [0.29, 0.717) is 45.9 Å². The van der Waals surface area contributed by atoms with E-state index < -0.39 is 5.82 Å². The zero-order valence-corrected chi connectivity index (χ0v) is 24.1. The van der Waals surface area contributed by atoms with Crippen molar-refractivity contribution in [1.29, 1.82) is 0 Å². The van der Waals surface area contributed by atoms with Crippen molar-refractivity contribution in [2.75, 3.05) is 12.4 Å². The Morgan fingerprint density at radius 3 is 2.76 bits per heavy atom. The third-order valence-electron chi connectivity index (χ3n) is 7.49. The highest BCUT2D eigenvalue weighted by molar-refractivity contribution is 6.33. The number of carbonyl (C=O) groups is 2. The summed E-state index contributed by atoms with van der Waals surface area (Å²) in [5, 5.41) is 11.3. The lowest BCUT2D eigenvalue weighted by molar-refractivity contribution is -0.121. The quantitative estimate of drug-likeness (QED) is 0.283. The van der Waals surface area contributed by atoms with E-state index in [9.17, 15) is 9.59 Å². The van der Waals surface area contributed by atoms with Gasteiger partial charge in [0.15, 0.2) is 5.82 Å². The molecule has 41 heavy (non-hydrogen) atoms. The molecule has 2 atom stereocenters. The number of hydrogen-bond donors (Lipinski definition) is 2. The van der Waals surface area contributed by atoms with E-state index >= 15 is 4.39 Å². The van der Waals surface area contributed by atoms with E-state index in [1.165, 1.54) is 19.4 Å². The van der Waals surface area contributed by atoms with Gasteiger partial charge >= 0.3 is 0 Å². The van der Waals surface area contributed by atoms with Crippen molar-refractivity contribution in [3.05, 3.63) is 64.8 Å². The summed E-state index contributed by atoms with van der Waals surface area (Å²) in [5.74, 6) is -0.540. The first-order valence-corrected chi connectivity index (χ1v) is 14.0. The predicted molar refractivity (Wildman–Crippen MR) is 156 cm³/mol. The summed E-state index contributed by atoms with van der Waals surface area (Å²) in [6, 6.07) is 8.09. The number of carbonyl (C=O) groups excluding carboxylic acids is 2. The van der Waals surface area contributed by atoms with Crippen molar-refractivity contribution in [2.45, 2.75) is 51.5 Å². The van der Waals surface area contributed by atoms with Crippen LogP contribution < -0.4 is 15.4 Å². The molecule has 1 aromatic carbocycles. The van der Waals surface area contributed by atoms with Crippen LogP contribution in [0.5, 0.6) is 5.88 Å². The first kappa shape index (κ1) is 28.5. The highest BCUT2D eigenvalue weighted by Crippen LogP contribution is 2.35. The summed E-state index contributed by atoms with van der Waals surface area (Å²) in [4.78, 5) is 34.5. The molecule has 0 aliphatic heterocycles. The zero-order chi connectivity index (χ0) is 29.3. The number of aromatic nitrogens is 4. The van der Waals surface area contributed by atoms with E-state index in [1.54, 1.807) is 36.1 Å². The number of aryl methyl sites for hydroxylation is 1. The fraction of sp³-hybridized carbons (Fsp3) is 0.367. The number of rotatable bonds is 7. The summed E-state index contributed by atoms with van der Waals surface area (Å²) in [6.45, 7) is 4.07. The molecule has 0 spiro atoms. The second-order valence-electron chi connectivity index (χ2n) is 10.7. The minimum atomic E-state index is -0.447. The number of hydrogen-bond acceptors (Lipinski definition) is 6. The van der Waals surface area contributed by atoms with Crippen LogP contribution in [0.15, 0.2) is 42.7 Å². The molecule has 1 aliphatic carbocycles. The SMILES string of the molecule is COc1ncccc1C(=O)N[C@@H]1CCC[C@H](C(=O)Nc2cc(-c3cc(F)c4nn(C)c(C(C)C)c4c3)c(Cl)cn2)C1. The van der Waals surface area contributed by atoms with Crippen molar-refractivity contribution in [1.82, 2.24) is 25.1 Å². The Kier molecular flexibility index (Phi) is 8.21. The molecule has 9 nitrogen and oxygen atoms in total. The average Bonchev–Trinajstić information content (AvgIpc) is 3.30. The predicted octanol–water partition coefficient (Wildman–Crippen LogP) is 5.88. The lowest BCUT2D eigenvalue weighted by Crippen LogP contribution is -2.41. The summed E-state index contributed by atoms with van der Waals surface area (Å²) >= 11 is 6.49. The van der Waals surface area contributed by atoms with Gasteiger partial charge in [0.25, 0.3) is 5.91 Å². The first-order chi connectivity index (χ1) is 19.7. The Hall–Kier alpha value is -4.05. The Morgan fingerprint density at radius 1 is 1.20 bits per heavy atom. The fourth-order valence-electron chi connectivity index (χ4n) is 5.62. The molecular weight excluding hydrogens is 547 g/mol. The molecule has 5 rings (SSSR count). The third-order valence-corrected chi connectivity index (χ3v) is 7.79. The Labute approximate surface area is 242 Å². The topological polar surface area (TPSA) is 111 Å². The maximum Gasteiger partial charge on any atom is 0.256 e. The summed E-state index contributed by atoms with van der Waals surface area (Å²) in [6.07, 6.45) is 5.74. The standard InChI is InChI=1S/C30H32ClFN6O3/c1-16(2)27-22-12-18(13-24(32)26(22)37-38(27)3)21-14-25(34-15-23(21)31)36-28(39)17-7-5-8-19(11-17)35-29(40)20-9-6-10-33-30(20)41-4/h6,9-10,12-17,19H,5,7-8,11H2,1-4H3,(H,35,40)(H,34,36,39)/t17-,19+/m0/s1. The van der Waals surface area contributed by atoms with E-state index in [0.717, 1.165) is 23.9 Å². The molecule has 1 aliphatic rings. The zero-order valence-electron chi connectivity index (χ0n) is 23.4. The molecule has 4 aromatic rings. The highest BCUT2D eigenvalue weighted by Gasteiger charge is 2.29. The second kappa shape index (κ2) is 11.8. The van der Waals surface area contributed by atoms with Crippen LogP contribution >= 0.6 is 11.6 Å². The van der Waals surface area contributed by atoms with Crippen molar-refractivity contribution in [3.8, 4) is 17.0 Å². The average molecular weight is 579 g/mol. The van der Waals surface area contributed by atoms with Gasteiger partial charge < -0.3 is 15.4 Å². The van der Waals surface area contributed by atoms with Crippen LogP contribution in [0.1, 0.15) is 61.5 Å². The molecule has 2 amide bonds. The molecule has 2 N–H and O–H groups in total. The minimum absolute atomic E-state index is 0.137. The number of nitrogens with zero attached hydrogens (tertiary/aromatic N) is 4. The largest absolute Gasteiger partial charge is 0.480 e. The third kappa shape index (κ3) is 5.88. The van der Waals surface area contributed by atoms with E-state index in [4.69, 9.17) is 16.3 Å². The van der Waals surface area contributed by atoms with Crippen molar-refractivity contribution in [2.24, 2.45) is 13.0 Å². The van der Waals surface area contributed by atoms with Crippen LogP contribution in [0.4, 0.5) is 10.2 Å². The number of anilines is 1. The molecule has 1 fully saturated rings. The monoisotopic (exact) mass is 578 g/mol. The number of benzene rings is 1. The van der Waals surface area contributed by atoms with Gasteiger partial charge in [-0.25, -0.2) is 14.4 Å². The molecule has 11 heteroatoms. The van der Waals surface area contributed by atoms with Crippen LogP contribution in [-0.4, -0.2) is 44.7 Å². The van der Waals surface area contributed by atoms with Crippen LogP contribution in [0.25, 0.3) is 22.0 Å². The van der Waals surface area contributed by atoms with E-state index in [2.05, 4.69) is 25.7 Å². The van der Waals surface area contributed by atoms with Gasteiger partial charge in [-0.15, -0.1) is 0 Å². The lowest BCUT2D eigenvalue weighted by atomic mass is 9.85. The molecule has 0 radical (unpaired) electrons. The van der Waals surface area contributed by atoms with Gasteiger partial charge in [0.2, 0.25) is 11.8 Å². The second-order valence-corrected chi connectivity index (χ2v) is 11.1. The molecule has 3 aromatic heterocycles. The number of amides is 2. The van der Waals surface area contributed by atoms with Gasteiger partial charge in [-0.1, -0.05) is 31.9 Å². The number of methoxy groups -OCH3 is 1. The van der Waals surface area contributed by atoms with Crippen LogP contribution in [0.2, 0.25) is 5.02 Å². The van der Waals surface area contributed by atoms with Crippen molar-refractivity contribution in [3.63, 3.8) is 0 Å². The normalized spacial score (nSPS) is 17.0. The van der Waals surface area contributed by atoms with E-state index in [1.807, 2.05) is 19.9 Å². The fourth-order valence-corrected chi connectivity index (χ4v) is 5.83. The molecular formula is C30H32ClFN6O3. The van der Waals surface area contributed by atoms with Crippen molar-refractivity contribution < 1.29 is 18.7 Å². The highest BCUT2D eigenvalue weighted by atomic mass is 35.5. The van der Waals surface area contributed by atoms with Gasteiger partial charge in [-0.05, 0) is 61.1 Å². The van der Waals surface area contributed by atoms with E-state index in [-0.39, 0.29) is 35.6 Å². The molecule has 1 saturated carbocycles. The number of halogens is 2. The molecule has 0 saturated heterocycles. The summed E-state index contributed by atoms with van der Waals surface area (Å²) in [5.41, 5.74) is 2.69. The van der Waals surface area contributed by atoms with Gasteiger partial charge in [0.05, 0.1) is 12.1 Å². The molecule has 0 unspecified atom stereocenters. The smallest absolute Gasteiger partial charge is 0.256 e. The van der Waals surface area contributed by atoms with Gasteiger partial charge in [0, 0.05) is 48.0 Å². The number of nitrogens with one attached hydrogen (secondary N) is 2. The number of pyridine rings is 2. The minimum Gasteiger partial charge on any atom is -0.480 e. The Bertz CT molecular complexity index is 1620. The summed E-state index contributed by atoms with van der Waals surface area (Å²) in [7, 11) is 3.27. The Balaban J connectivity index is 1.32.